The van der Waals surface area contributed by atoms with Crippen LogP contribution in [0.1, 0.15) is 11.1 Å². The maximum Gasteiger partial charge on any atom is 0.0396 e. The zero-order chi connectivity index (χ0) is 19.7. The molecule has 28 heavy (non-hydrogen) atoms. The molecular weight excluding hydrogens is 340 g/mol. The molecule has 0 unspecified atom stereocenters. The molecule has 2 nitrogen and oxygen atoms in total. The molecule has 4 rings (SSSR count). The zero-order valence-electron chi connectivity index (χ0n) is 16.2. The Morgan fingerprint density at radius 1 is 0.464 bits per heavy atom. The first-order valence-electron chi connectivity index (χ1n) is 9.47. The van der Waals surface area contributed by atoms with Crippen molar-refractivity contribution in [1.29, 1.82) is 0 Å². The molecular formula is C26H24N2. The van der Waals surface area contributed by atoms with Gasteiger partial charge in [-0.1, -0.05) is 72.8 Å². The van der Waals surface area contributed by atoms with Gasteiger partial charge in [0.1, 0.15) is 0 Å². The van der Waals surface area contributed by atoms with Gasteiger partial charge in [-0.15, -0.1) is 0 Å². The fourth-order valence-electron chi connectivity index (χ4n) is 4.02. The predicted octanol–water partition coefficient (Wildman–Crippen LogP) is 6.47. The predicted molar refractivity (Wildman–Crippen MR) is 121 cm³/mol. The molecule has 0 saturated carbocycles. The minimum absolute atomic E-state index is 0.795. The first-order chi connectivity index (χ1) is 13.6. The van der Waals surface area contributed by atoms with Crippen LogP contribution in [0, 0.1) is 13.8 Å². The molecule has 0 aromatic heterocycles. The van der Waals surface area contributed by atoms with E-state index < -0.39 is 0 Å². The summed E-state index contributed by atoms with van der Waals surface area (Å²) in [5, 5.41) is 0. The average molecular weight is 364 g/mol. The van der Waals surface area contributed by atoms with Gasteiger partial charge >= 0.3 is 0 Å². The molecule has 4 aromatic carbocycles. The monoisotopic (exact) mass is 364 g/mol. The molecule has 0 aliphatic rings. The van der Waals surface area contributed by atoms with E-state index in [0.29, 0.717) is 0 Å². The van der Waals surface area contributed by atoms with Crippen LogP contribution in [0.4, 0.5) is 11.4 Å². The highest BCUT2D eigenvalue weighted by Gasteiger charge is 2.16. The van der Waals surface area contributed by atoms with Crippen LogP contribution in [0.5, 0.6) is 0 Å². The van der Waals surface area contributed by atoms with Crippen LogP contribution >= 0.6 is 0 Å². The smallest absolute Gasteiger partial charge is 0.0396 e. The van der Waals surface area contributed by atoms with Crippen molar-refractivity contribution >= 4 is 11.4 Å². The van der Waals surface area contributed by atoms with Gasteiger partial charge in [-0.25, -0.2) is 0 Å². The summed E-state index contributed by atoms with van der Waals surface area (Å²) in [6.07, 6.45) is 0. The van der Waals surface area contributed by atoms with Gasteiger partial charge in [-0.3, -0.25) is 0 Å². The number of benzene rings is 4. The Morgan fingerprint density at radius 3 is 1.18 bits per heavy atom. The maximum absolute atomic E-state index is 6.36. The van der Waals surface area contributed by atoms with Gasteiger partial charge in [0.25, 0.3) is 0 Å². The summed E-state index contributed by atoms with van der Waals surface area (Å²) < 4.78 is 0. The minimum Gasteiger partial charge on any atom is -0.398 e. The molecule has 0 aliphatic heterocycles. The lowest BCUT2D eigenvalue weighted by atomic mass is 9.87. The molecule has 0 aliphatic carbocycles. The summed E-state index contributed by atoms with van der Waals surface area (Å²) in [5.74, 6) is 0. The third kappa shape index (κ3) is 3.03. The SMILES string of the molecule is Cc1c(-c2ccc(N)c(-c3ccccc3)c2C)ccc(N)c1-c1ccccc1. The van der Waals surface area contributed by atoms with Crippen molar-refractivity contribution < 1.29 is 0 Å². The van der Waals surface area contributed by atoms with E-state index in [1.54, 1.807) is 0 Å². The second-order valence-electron chi connectivity index (χ2n) is 7.14. The number of rotatable bonds is 3. The normalized spacial score (nSPS) is 10.8. The van der Waals surface area contributed by atoms with Crippen LogP contribution in [-0.2, 0) is 0 Å². The largest absolute Gasteiger partial charge is 0.398 e. The fraction of sp³-hybridized carbons (Fsp3) is 0.0769. The molecule has 0 radical (unpaired) electrons. The average Bonchev–Trinajstić information content (AvgIpc) is 2.71. The molecule has 4 N–H and O–H groups in total. The third-order valence-corrected chi connectivity index (χ3v) is 5.41. The first kappa shape index (κ1) is 17.9. The highest BCUT2D eigenvalue weighted by molar-refractivity contribution is 5.91. The zero-order valence-corrected chi connectivity index (χ0v) is 16.2. The molecule has 0 bridgehead atoms. The molecule has 0 fully saturated rings. The Morgan fingerprint density at radius 2 is 0.821 bits per heavy atom. The van der Waals surface area contributed by atoms with Gasteiger partial charge in [0.05, 0.1) is 0 Å². The Hall–Kier alpha value is -3.52. The Balaban J connectivity index is 1.94. The van der Waals surface area contributed by atoms with E-state index in [0.717, 1.165) is 33.6 Å². The van der Waals surface area contributed by atoms with Crippen molar-refractivity contribution in [2.45, 2.75) is 13.8 Å². The quantitative estimate of drug-likeness (QED) is 0.409. The van der Waals surface area contributed by atoms with Crippen molar-refractivity contribution in [2.24, 2.45) is 0 Å². The van der Waals surface area contributed by atoms with E-state index in [1.807, 2.05) is 48.5 Å². The molecule has 0 saturated heterocycles. The summed E-state index contributed by atoms with van der Waals surface area (Å²) in [5.41, 5.74) is 23.5. The molecule has 138 valence electrons. The highest BCUT2D eigenvalue weighted by Crippen LogP contribution is 2.40. The molecule has 0 atom stereocenters. The Labute approximate surface area is 166 Å². The summed E-state index contributed by atoms with van der Waals surface area (Å²) in [6, 6.07) is 28.9. The number of hydrogen-bond donors (Lipinski definition) is 2. The molecule has 0 heterocycles. The lowest BCUT2D eigenvalue weighted by molar-refractivity contribution is 1.40. The van der Waals surface area contributed by atoms with E-state index in [1.165, 1.54) is 22.3 Å². The Kier molecular flexibility index (Phi) is 4.62. The summed E-state index contributed by atoms with van der Waals surface area (Å²) in [7, 11) is 0. The van der Waals surface area contributed by atoms with Crippen molar-refractivity contribution in [2.75, 3.05) is 11.5 Å². The number of anilines is 2. The fourth-order valence-corrected chi connectivity index (χ4v) is 4.02. The van der Waals surface area contributed by atoms with E-state index >= 15 is 0 Å². The number of nitrogen functional groups attached to an aromatic ring is 2. The number of nitrogens with two attached hydrogens (primary N) is 2. The van der Waals surface area contributed by atoms with Gasteiger partial charge in [-0.2, -0.15) is 0 Å². The van der Waals surface area contributed by atoms with Crippen LogP contribution in [-0.4, -0.2) is 0 Å². The maximum atomic E-state index is 6.36. The van der Waals surface area contributed by atoms with E-state index in [4.69, 9.17) is 11.5 Å². The van der Waals surface area contributed by atoms with Crippen molar-refractivity contribution in [3.8, 4) is 33.4 Å². The highest BCUT2D eigenvalue weighted by atomic mass is 14.6. The van der Waals surface area contributed by atoms with Gasteiger partial charge in [0, 0.05) is 22.5 Å². The second-order valence-corrected chi connectivity index (χ2v) is 7.14. The van der Waals surface area contributed by atoms with Gasteiger partial charge < -0.3 is 11.5 Å². The van der Waals surface area contributed by atoms with Crippen molar-refractivity contribution in [3.63, 3.8) is 0 Å². The Bertz CT molecular complexity index is 1040. The molecule has 4 aromatic rings. The van der Waals surface area contributed by atoms with Crippen molar-refractivity contribution in [3.05, 3.63) is 96.1 Å². The molecule has 0 amide bonds. The second kappa shape index (κ2) is 7.24. The first-order valence-corrected chi connectivity index (χ1v) is 9.47. The van der Waals surface area contributed by atoms with Crippen molar-refractivity contribution in [1.82, 2.24) is 0 Å². The van der Waals surface area contributed by atoms with Crippen LogP contribution < -0.4 is 11.5 Å². The van der Waals surface area contributed by atoms with Crippen LogP contribution in [0.3, 0.4) is 0 Å². The minimum atomic E-state index is 0.795. The lowest BCUT2D eigenvalue weighted by Crippen LogP contribution is -1.99. The van der Waals surface area contributed by atoms with Gasteiger partial charge in [0.15, 0.2) is 0 Å². The van der Waals surface area contributed by atoms with Gasteiger partial charge in [-0.05, 0) is 59.4 Å². The molecule has 0 spiro atoms. The van der Waals surface area contributed by atoms with Gasteiger partial charge in [0.2, 0.25) is 0 Å². The third-order valence-electron chi connectivity index (χ3n) is 5.41. The lowest BCUT2D eigenvalue weighted by Gasteiger charge is -2.19. The molecule has 2 heteroatoms. The number of hydrogen-bond acceptors (Lipinski definition) is 2. The van der Waals surface area contributed by atoms with E-state index in [2.05, 4.69) is 50.2 Å². The standard InChI is InChI=1S/C26H24N2/c1-17-21(13-15-23(27)25(17)19-9-5-3-6-10-19)22-14-16-24(28)26(18(22)2)20-11-7-4-8-12-20/h3-16H,27-28H2,1-2H3. The van der Waals surface area contributed by atoms with E-state index in [-0.39, 0.29) is 0 Å². The van der Waals surface area contributed by atoms with Crippen LogP contribution in [0.2, 0.25) is 0 Å². The summed E-state index contributed by atoms with van der Waals surface area (Å²) in [6.45, 7) is 4.29. The van der Waals surface area contributed by atoms with Crippen LogP contribution in [0.25, 0.3) is 33.4 Å². The van der Waals surface area contributed by atoms with Crippen LogP contribution in [0.15, 0.2) is 84.9 Å². The topological polar surface area (TPSA) is 52.0 Å². The summed E-state index contributed by atoms with van der Waals surface area (Å²) in [4.78, 5) is 0. The van der Waals surface area contributed by atoms with E-state index in [9.17, 15) is 0 Å². The summed E-state index contributed by atoms with van der Waals surface area (Å²) >= 11 is 0.